The first kappa shape index (κ1) is 17.0. The van der Waals surface area contributed by atoms with E-state index in [-0.39, 0.29) is 24.8 Å². The van der Waals surface area contributed by atoms with Crippen LogP contribution in [-0.4, -0.2) is 57.8 Å². The fourth-order valence-corrected chi connectivity index (χ4v) is 1.84. The minimum absolute atomic E-state index is 0.140. The largest absolute Gasteiger partial charge is 0.496 e. The number of amides is 1. The van der Waals surface area contributed by atoms with Gasteiger partial charge in [0.25, 0.3) is 5.91 Å². The molecule has 0 aliphatic carbocycles. The number of carbonyl (C=O) groups is 2. The molecule has 1 aromatic carbocycles. The summed E-state index contributed by atoms with van der Waals surface area (Å²) >= 11 is 0. The Morgan fingerprint density at radius 3 is 2.43 bits per heavy atom. The number of benzene rings is 1. The van der Waals surface area contributed by atoms with E-state index in [1.807, 2.05) is 0 Å². The molecule has 0 saturated carbocycles. The third-order valence-electron chi connectivity index (χ3n) is 3.00. The van der Waals surface area contributed by atoms with Crippen LogP contribution in [0.4, 0.5) is 0 Å². The smallest absolute Gasteiger partial charge is 0.307 e. The van der Waals surface area contributed by atoms with Crippen molar-refractivity contribution in [1.82, 2.24) is 4.90 Å². The summed E-state index contributed by atoms with van der Waals surface area (Å²) < 4.78 is 14.8. The third-order valence-corrected chi connectivity index (χ3v) is 3.00. The molecule has 0 saturated heterocycles. The maximum atomic E-state index is 12.6. The van der Waals surface area contributed by atoms with Crippen LogP contribution in [0.2, 0.25) is 0 Å². The van der Waals surface area contributed by atoms with E-state index < -0.39 is 0 Å². The molecule has 6 nitrogen and oxygen atoms in total. The van der Waals surface area contributed by atoms with Gasteiger partial charge in [-0.05, 0) is 12.1 Å². The lowest BCUT2D eigenvalue weighted by Gasteiger charge is -2.22. The number of hydrogen-bond donors (Lipinski definition) is 0. The minimum atomic E-state index is -0.356. The van der Waals surface area contributed by atoms with Gasteiger partial charge in [-0.1, -0.05) is 12.1 Å². The Labute approximate surface area is 124 Å². The summed E-state index contributed by atoms with van der Waals surface area (Å²) in [6.07, 6.45) is 0.140. The first-order valence-corrected chi connectivity index (χ1v) is 6.62. The van der Waals surface area contributed by atoms with Crippen LogP contribution >= 0.6 is 0 Å². The van der Waals surface area contributed by atoms with Gasteiger partial charge in [-0.25, -0.2) is 0 Å². The quantitative estimate of drug-likeness (QED) is 0.677. The molecule has 21 heavy (non-hydrogen) atoms. The van der Waals surface area contributed by atoms with Gasteiger partial charge in [-0.15, -0.1) is 0 Å². The van der Waals surface area contributed by atoms with Gasteiger partial charge >= 0.3 is 5.97 Å². The second kappa shape index (κ2) is 8.97. The van der Waals surface area contributed by atoms with Crippen molar-refractivity contribution >= 4 is 11.9 Å². The van der Waals surface area contributed by atoms with E-state index in [1.54, 1.807) is 36.3 Å². The van der Waals surface area contributed by atoms with E-state index in [9.17, 15) is 9.59 Å². The number of ether oxygens (including phenoxy) is 3. The summed E-state index contributed by atoms with van der Waals surface area (Å²) in [6.45, 7) is 1.05. The molecule has 1 amide bonds. The van der Waals surface area contributed by atoms with Crippen molar-refractivity contribution in [2.24, 2.45) is 0 Å². The van der Waals surface area contributed by atoms with Crippen LogP contribution in [0, 0.1) is 0 Å². The molecule has 6 heteroatoms. The number of hydrogen-bond acceptors (Lipinski definition) is 5. The topological polar surface area (TPSA) is 65.1 Å². The molecule has 0 spiro atoms. The van der Waals surface area contributed by atoms with E-state index in [4.69, 9.17) is 9.47 Å². The van der Waals surface area contributed by atoms with Gasteiger partial charge in [-0.3, -0.25) is 9.59 Å². The fraction of sp³-hybridized carbons (Fsp3) is 0.467. The maximum Gasteiger partial charge on any atom is 0.307 e. The second-order valence-corrected chi connectivity index (χ2v) is 4.31. The van der Waals surface area contributed by atoms with Crippen molar-refractivity contribution in [2.75, 3.05) is 41.0 Å². The van der Waals surface area contributed by atoms with Crippen molar-refractivity contribution < 1.29 is 23.8 Å². The first-order chi connectivity index (χ1) is 10.1. The zero-order chi connectivity index (χ0) is 15.7. The molecule has 0 aliphatic heterocycles. The summed E-state index contributed by atoms with van der Waals surface area (Å²) in [5.41, 5.74) is 0.459. The van der Waals surface area contributed by atoms with Gasteiger partial charge in [0.2, 0.25) is 0 Å². The van der Waals surface area contributed by atoms with Gasteiger partial charge in [0.15, 0.2) is 0 Å². The Bertz CT molecular complexity index is 475. The normalized spacial score (nSPS) is 10.0. The van der Waals surface area contributed by atoms with Gasteiger partial charge in [-0.2, -0.15) is 0 Å². The predicted molar refractivity (Wildman–Crippen MR) is 77.4 cm³/mol. The summed E-state index contributed by atoms with van der Waals surface area (Å²) in [5.74, 6) is -0.0540. The zero-order valence-corrected chi connectivity index (χ0v) is 12.6. The molecule has 0 radical (unpaired) electrons. The number of carbonyl (C=O) groups excluding carboxylic acids is 2. The molecule has 0 atom stereocenters. The number of rotatable bonds is 8. The molecule has 0 unspecified atom stereocenters. The lowest BCUT2D eigenvalue weighted by atomic mass is 10.1. The van der Waals surface area contributed by atoms with Gasteiger partial charge in [0.05, 0.1) is 32.8 Å². The molecule has 0 heterocycles. The minimum Gasteiger partial charge on any atom is -0.496 e. The van der Waals surface area contributed by atoms with Crippen molar-refractivity contribution in [2.45, 2.75) is 6.42 Å². The molecule has 0 N–H and O–H groups in total. The van der Waals surface area contributed by atoms with E-state index in [1.165, 1.54) is 14.2 Å². The van der Waals surface area contributed by atoms with Crippen LogP contribution in [0.1, 0.15) is 16.8 Å². The third kappa shape index (κ3) is 5.07. The summed E-state index contributed by atoms with van der Waals surface area (Å²) in [7, 11) is 4.40. The van der Waals surface area contributed by atoms with E-state index in [2.05, 4.69) is 4.74 Å². The first-order valence-electron chi connectivity index (χ1n) is 6.62. The van der Waals surface area contributed by atoms with Crippen LogP contribution in [0.15, 0.2) is 24.3 Å². The fourth-order valence-electron chi connectivity index (χ4n) is 1.84. The lowest BCUT2D eigenvalue weighted by Crippen LogP contribution is -2.36. The summed E-state index contributed by atoms with van der Waals surface area (Å²) in [5, 5.41) is 0. The van der Waals surface area contributed by atoms with Gasteiger partial charge < -0.3 is 19.1 Å². The standard InChI is InChI=1S/C15H21NO5/c1-19-11-10-16(9-8-14(17)21-3)15(18)12-6-4-5-7-13(12)20-2/h4-7H,8-11H2,1-3H3. The van der Waals surface area contributed by atoms with Crippen LogP contribution in [0.3, 0.4) is 0 Å². The zero-order valence-electron chi connectivity index (χ0n) is 12.6. The molecule has 116 valence electrons. The van der Waals surface area contributed by atoms with Gasteiger partial charge in [0, 0.05) is 20.2 Å². The maximum absolute atomic E-state index is 12.6. The highest BCUT2D eigenvalue weighted by Gasteiger charge is 2.20. The highest BCUT2D eigenvalue weighted by Crippen LogP contribution is 2.19. The summed E-state index contributed by atoms with van der Waals surface area (Å²) in [6, 6.07) is 6.98. The number of para-hydroxylation sites is 1. The lowest BCUT2D eigenvalue weighted by molar-refractivity contribution is -0.140. The van der Waals surface area contributed by atoms with Crippen LogP contribution in [0.25, 0.3) is 0 Å². The molecule has 0 fully saturated rings. The average molecular weight is 295 g/mol. The number of nitrogens with zero attached hydrogens (tertiary/aromatic N) is 1. The molecule has 1 aromatic rings. The Kier molecular flexibility index (Phi) is 7.25. The van der Waals surface area contributed by atoms with Crippen molar-refractivity contribution in [3.63, 3.8) is 0 Å². The van der Waals surface area contributed by atoms with Crippen molar-refractivity contribution in [3.8, 4) is 5.75 Å². The van der Waals surface area contributed by atoms with Crippen LogP contribution in [-0.2, 0) is 14.3 Å². The SMILES string of the molecule is COCCN(CCC(=O)OC)C(=O)c1ccccc1OC. The highest BCUT2D eigenvalue weighted by atomic mass is 16.5. The monoisotopic (exact) mass is 295 g/mol. The van der Waals surface area contributed by atoms with Crippen LogP contribution in [0.5, 0.6) is 5.75 Å². The van der Waals surface area contributed by atoms with Crippen molar-refractivity contribution in [3.05, 3.63) is 29.8 Å². The van der Waals surface area contributed by atoms with Crippen LogP contribution < -0.4 is 4.74 Å². The van der Waals surface area contributed by atoms with E-state index >= 15 is 0 Å². The number of methoxy groups -OCH3 is 3. The van der Waals surface area contributed by atoms with E-state index in [0.717, 1.165) is 0 Å². The molecule has 0 aliphatic rings. The molecular weight excluding hydrogens is 274 g/mol. The van der Waals surface area contributed by atoms with E-state index in [0.29, 0.717) is 24.5 Å². The molecule has 0 bridgehead atoms. The molecule has 0 aromatic heterocycles. The number of esters is 1. The van der Waals surface area contributed by atoms with Crippen molar-refractivity contribution in [1.29, 1.82) is 0 Å². The predicted octanol–water partition coefficient (Wildman–Crippen LogP) is 1.35. The Balaban J connectivity index is 2.85. The Morgan fingerprint density at radius 2 is 1.81 bits per heavy atom. The van der Waals surface area contributed by atoms with Gasteiger partial charge in [0.1, 0.15) is 5.75 Å². The Hall–Kier alpha value is -2.08. The highest BCUT2D eigenvalue weighted by molar-refractivity contribution is 5.97. The Morgan fingerprint density at radius 1 is 1.10 bits per heavy atom. The summed E-state index contributed by atoms with van der Waals surface area (Å²) in [4.78, 5) is 25.4. The second-order valence-electron chi connectivity index (χ2n) is 4.31. The molecular formula is C15H21NO5. The molecule has 1 rings (SSSR count). The average Bonchev–Trinajstić information content (AvgIpc) is 2.53.